The summed E-state index contributed by atoms with van der Waals surface area (Å²) < 4.78 is 0. The number of hydrogen-bond donors (Lipinski definition) is 4. The van der Waals surface area contributed by atoms with E-state index in [0.717, 1.165) is 12.0 Å². The summed E-state index contributed by atoms with van der Waals surface area (Å²) in [6.45, 7) is 5.91. The van der Waals surface area contributed by atoms with Gasteiger partial charge in [0.15, 0.2) is 0 Å². The van der Waals surface area contributed by atoms with Crippen molar-refractivity contribution < 1.29 is 20.7 Å². The molecule has 0 fully saturated rings. The molecule has 0 aromatic heterocycles. The molecule has 0 saturated heterocycles. The van der Waals surface area contributed by atoms with Crippen LogP contribution in [-0.2, 0) is 4.84 Å². The second-order valence-corrected chi connectivity index (χ2v) is 4.54. The minimum atomic E-state index is -0.366. The Morgan fingerprint density at radius 2 is 1.88 bits per heavy atom. The van der Waals surface area contributed by atoms with Crippen LogP contribution in [0.3, 0.4) is 0 Å². The van der Waals surface area contributed by atoms with E-state index in [2.05, 4.69) is 24.6 Å². The summed E-state index contributed by atoms with van der Waals surface area (Å²) in [5.74, 6) is 5.08. The van der Waals surface area contributed by atoms with Gasteiger partial charge in [-0.05, 0) is 19.3 Å². The van der Waals surface area contributed by atoms with E-state index in [0.29, 0.717) is 5.92 Å². The van der Waals surface area contributed by atoms with Gasteiger partial charge in [-0.25, -0.2) is 5.90 Å². The Morgan fingerprint density at radius 1 is 1.44 bits per heavy atom. The Labute approximate surface area is 102 Å². The number of halogens is 1. The first kappa shape index (κ1) is 18.4. The lowest BCUT2D eigenvalue weighted by Crippen LogP contribution is -2.92. The van der Waals surface area contributed by atoms with Crippen molar-refractivity contribution >= 4 is 11.6 Å². The van der Waals surface area contributed by atoms with Crippen molar-refractivity contribution in [3.63, 3.8) is 0 Å². The van der Waals surface area contributed by atoms with E-state index in [4.69, 9.17) is 21.9 Å². The predicted molar refractivity (Wildman–Crippen MR) is 62.4 cm³/mol. The summed E-state index contributed by atoms with van der Waals surface area (Å²) in [6, 6.07) is 0.0417. The zero-order chi connectivity index (χ0) is 13.1. The second-order valence-electron chi connectivity index (χ2n) is 3.93. The fraction of sp³-hybridized carbons (Fsp3) is 1.00. The van der Waals surface area contributed by atoms with Gasteiger partial charge in [0.2, 0.25) is 0 Å². The molecule has 2 unspecified atom stereocenters. The number of nitrogens with zero attached hydrogens (tertiary/aromatic N) is 1. The number of aliphatic hydroxyl groups excluding tert-OH is 1. The van der Waals surface area contributed by atoms with Gasteiger partial charge in [0.1, 0.15) is 5.56 Å². The van der Waals surface area contributed by atoms with E-state index in [9.17, 15) is 0 Å². The first-order valence-corrected chi connectivity index (χ1v) is 5.62. The normalized spacial score (nSPS) is 14.6. The predicted octanol–water partition coefficient (Wildman–Crippen LogP) is -0.346. The number of rotatable bonds is 6. The van der Waals surface area contributed by atoms with E-state index >= 15 is 0 Å². The van der Waals surface area contributed by atoms with Crippen molar-refractivity contribution in [2.45, 2.75) is 38.8 Å². The molecule has 0 aliphatic rings. The van der Waals surface area contributed by atoms with Crippen molar-refractivity contribution in [2.75, 3.05) is 13.7 Å². The fourth-order valence-corrected chi connectivity index (χ4v) is 1.01. The maximum absolute atomic E-state index is 8.90. The van der Waals surface area contributed by atoms with Crippen molar-refractivity contribution in [3.8, 4) is 0 Å². The average molecular weight is 259 g/mol. The lowest BCUT2D eigenvalue weighted by Gasteiger charge is -2.21. The number of nitrogens with two attached hydrogens (primary N) is 2. The molecule has 100 valence electrons. The molecule has 0 amide bonds. The number of hydrogen-bond acceptors (Lipinski definition) is 5. The third-order valence-corrected chi connectivity index (χ3v) is 2.00. The van der Waals surface area contributed by atoms with Gasteiger partial charge in [0, 0.05) is 7.05 Å². The maximum Gasteiger partial charge on any atom is 0.149 e. The second kappa shape index (κ2) is 11.5. The first-order chi connectivity index (χ1) is 7.38. The van der Waals surface area contributed by atoms with E-state index in [1.165, 1.54) is 0 Å². The summed E-state index contributed by atoms with van der Waals surface area (Å²) in [4.78, 5) is 4.02. The average Bonchev–Trinajstić information content (AvgIpc) is 2.25. The Balaban J connectivity index is 0. The van der Waals surface area contributed by atoms with Gasteiger partial charge in [-0.15, -0.1) is 10.6 Å². The summed E-state index contributed by atoms with van der Waals surface area (Å²) in [5.41, 5.74) is 0.637. The van der Waals surface area contributed by atoms with Crippen LogP contribution in [0.2, 0.25) is 0 Å². The minimum Gasteiger partial charge on any atom is -0.395 e. The molecule has 0 aromatic rings. The molecule has 0 aliphatic heterocycles. The molecular formula is C9H25ClN3O3+. The summed E-state index contributed by atoms with van der Waals surface area (Å²) in [5, 5.41) is 19.2. The number of aliphatic hydroxyl groups is 1. The highest BCUT2D eigenvalue weighted by molar-refractivity contribution is 6.19. The van der Waals surface area contributed by atoms with E-state index < -0.39 is 0 Å². The smallest absolute Gasteiger partial charge is 0.149 e. The standard InChI is InChI=1S/C7H18N2O2.C2H6ClNO/c1-6(2)4-7(5-10)9(3)8-11;1-2(3)5-4/h6-8,10-11H,4-5H2,1-3H3;2H,4H2,1H3/p+1. The molecule has 0 bridgehead atoms. The highest BCUT2D eigenvalue weighted by Crippen LogP contribution is 2.06. The van der Waals surface area contributed by atoms with Gasteiger partial charge in [-0.3, -0.25) is 4.84 Å². The molecule has 0 heterocycles. The van der Waals surface area contributed by atoms with Gasteiger partial charge < -0.3 is 5.11 Å². The summed E-state index contributed by atoms with van der Waals surface area (Å²) >= 11 is 5.11. The molecule has 0 radical (unpaired) electrons. The Kier molecular flexibility index (Phi) is 13.3. The van der Waals surface area contributed by atoms with Gasteiger partial charge in [0.05, 0.1) is 12.6 Å². The lowest BCUT2D eigenvalue weighted by molar-refractivity contribution is -0.995. The van der Waals surface area contributed by atoms with Crippen LogP contribution in [0.4, 0.5) is 0 Å². The Bertz CT molecular complexity index is 150. The molecule has 0 rings (SSSR count). The van der Waals surface area contributed by atoms with Crippen molar-refractivity contribution in [1.29, 1.82) is 0 Å². The molecule has 0 spiro atoms. The van der Waals surface area contributed by atoms with Crippen LogP contribution in [-0.4, -0.2) is 40.6 Å². The topological polar surface area (TPSA) is 95.6 Å². The quantitative estimate of drug-likeness (QED) is 0.297. The SMILES string of the molecule is CC(C)CC(CO)N(C)[NH2+]O.CC(Cl)ON. The number of likely N-dealkylation sites (N-methyl/N-ethyl adjacent to an activating group) is 1. The molecule has 6 nitrogen and oxygen atoms in total. The fourth-order valence-electron chi connectivity index (χ4n) is 1.01. The van der Waals surface area contributed by atoms with Crippen LogP contribution in [0, 0.1) is 5.92 Å². The zero-order valence-electron chi connectivity index (χ0n) is 10.4. The number of alkyl halides is 1. The maximum atomic E-state index is 8.90. The largest absolute Gasteiger partial charge is 0.395 e. The molecule has 6 N–H and O–H groups in total. The molecule has 2 atom stereocenters. The Hall–Kier alpha value is 0.0500. The van der Waals surface area contributed by atoms with Gasteiger partial charge in [-0.1, -0.05) is 25.4 Å². The molecule has 0 saturated carbocycles. The Morgan fingerprint density at radius 3 is 2.06 bits per heavy atom. The van der Waals surface area contributed by atoms with Gasteiger partial charge in [0.25, 0.3) is 0 Å². The van der Waals surface area contributed by atoms with Crippen molar-refractivity contribution in [2.24, 2.45) is 11.8 Å². The van der Waals surface area contributed by atoms with Gasteiger partial charge >= 0.3 is 0 Å². The monoisotopic (exact) mass is 258 g/mol. The zero-order valence-corrected chi connectivity index (χ0v) is 11.2. The first-order valence-electron chi connectivity index (χ1n) is 5.18. The van der Waals surface area contributed by atoms with Crippen molar-refractivity contribution in [1.82, 2.24) is 5.01 Å². The number of quaternary nitrogens is 1. The van der Waals surface area contributed by atoms with Crippen LogP contribution >= 0.6 is 11.6 Å². The van der Waals surface area contributed by atoms with E-state index in [1.54, 1.807) is 19.0 Å². The molecule has 0 aliphatic carbocycles. The van der Waals surface area contributed by atoms with E-state index in [1.807, 2.05) is 0 Å². The van der Waals surface area contributed by atoms with Crippen LogP contribution in [0.1, 0.15) is 27.2 Å². The molecule has 16 heavy (non-hydrogen) atoms. The van der Waals surface area contributed by atoms with Gasteiger partial charge in [-0.2, -0.15) is 5.21 Å². The van der Waals surface area contributed by atoms with Crippen LogP contribution in [0.5, 0.6) is 0 Å². The molecule has 0 aromatic carbocycles. The lowest BCUT2D eigenvalue weighted by atomic mass is 10.0. The summed E-state index contributed by atoms with van der Waals surface area (Å²) in [6.07, 6.45) is 0.893. The molecule has 7 heteroatoms. The minimum absolute atomic E-state index is 0.0417. The summed E-state index contributed by atoms with van der Waals surface area (Å²) in [7, 11) is 1.75. The third-order valence-electron chi connectivity index (χ3n) is 1.90. The molecular weight excluding hydrogens is 234 g/mol. The van der Waals surface area contributed by atoms with Crippen molar-refractivity contribution in [3.05, 3.63) is 0 Å². The third kappa shape index (κ3) is 12.1. The van der Waals surface area contributed by atoms with Crippen LogP contribution in [0.15, 0.2) is 0 Å². The highest BCUT2D eigenvalue weighted by atomic mass is 35.5. The highest BCUT2D eigenvalue weighted by Gasteiger charge is 2.17. The van der Waals surface area contributed by atoms with Crippen LogP contribution in [0.25, 0.3) is 0 Å². The van der Waals surface area contributed by atoms with E-state index in [-0.39, 0.29) is 18.2 Å². The van der Waals surface area contributed by atoms with Crippen LogP contribution < -0.4 is 11.5 Å².